The second kappa shape index (κ2) is 4.76. The van der Waals surface area contributed by atoms with Crippen LogP contribution in [0.25, 0.3) is 0 Å². The van der Waals surface area contributed by atoms with Crippen molar-refractivity contribution in [3.05, 3.63) is 63.9 Å². The molecule has 0 fully saturated rings. The van der Waals surface area contributed by atoms with Gasteiger partial charge < -0.3 is 5.73 Å². The summed E-state index contributed by atoms with van der Waals surface area (Å²) in [7, 11) is 0. The number of hydrogen-bond acceptors (Lipinski definition) is 1. The summed E-state index contributed by atoms with van der Waals surface area (Å²) >= 11 is 5.91. The van der Waals surface area contributed by atoms with E-state index in [4.69, 9.17) is 17.3 Å². The normalized spacial score (nSPS) is 10.5. The summed E-state index contributed by atoms with van der Waals surface area (Å²) in [5.41, 5.74) is 9.09. The maximum Gasteiger partial charge on any atom is 0.125 e. The molecule has 0 heterocycles. The van der Waals surface area contributed by atoms with Gasteiger partial charge in [0.05, 0.1) is 0 Å². The first-order chi connectivity index (χ1) is 8.06. The molecule has 0 atom stereocenters. The zero-order chi connectivity index (χ0) is 12.4. The summed E-state index contributed by atoms with van der Waals surface area (Å²) in [4.78, 5) is 0. The van der Waals surface area contributed by atoms with Crippen LogP contribution in [0.5, 0.6) is 0 Å². The van der Waals surface area contributed by atoms with Gasteiger partial charge in [0.1, 0.15) is 5.82 Å². The third kappa shape index (κ3) is 2.77. The number of nitrogens with two attached hydrogens (primary N) is 1. The van der Waals surface area contributed by atoms with E-state index in [-0.39, 0.29) is 5.82 Å². The number of nitrogen functional groups attached to an aromatic ring is 1. The number of anilines is 1. The predicted molar refractivity (Wildman–Crippen MR) is 69.8 cm³/mol. The molecule has 0 bridgehead atoms. The molecule has 0 spiro atoms. The van der Waals surface area contributed by atoms with Crippen LogP contribution in [0, 0.1) is 12.7 Å². The highest BCUT2D eigenvalue weighted by molar-refractivity contribution is 6.30. The SMILES string of the molecule is Cc1c(N)cc(F)cc1Cc1cccc(Cl)c1. The molecule has 0 aliphatic rings. The maximum absolute atomic E-state index is 13.3. The van der Waals surface area contributed by atoms with Gasteiger partial charge in [-0.1, -0.05) is 23.7 Å². The van der Waals surface area contributed by atoms with E-state index in [0.717, 1.165) is 16.7 Å². The summed E-state index contributed by atoms with van der Waals surface area (Å²) in [6.07, 6.45) is 0.633. The summed E-state index contributed by atoms with van der Waals surface area (Å²) < 4.78 is 13.3. The summed E-state index contributed by atoms with van der Waals surface area (Å²) in [5, 5.41) is 0.685. The first-order valence-electron chi connectivity index (χ1n) is 5.35. The zero-order valence-electron chi connectivity index (χ0n) is 9.50. The lowest BCUT2D eigenvalue weighted by Crippen LogP contribution is -1.98. The molecule has 2 N–H and O–H groups in total. The van der Waals surface area contributed by atoms with Crippen LogP contribution in [-0.2, 0) is 6.42 Å². The molecule has 0 radical (unpaired) electrons. The van der Waals surface area contributed by atoms with E-state index in [2.05, 4.69) is 0 Å². The van der Waals surface area contributed by atoms with Crippen LogP contribution in [0.2, 0.25) is 5.02 Å². The molecule has 0 unspecified atom stereocenters. The molecular weight excluding hydrogens is 237 g/mol. The van der Waals surface area contributed by atoms with Crippen molar-refractivity contribution in [2.45, 2.75) is 13.3 Å². The molecular formula is C14H13ClFN. The van der Waals surface area contributed by atoms with Gasteiger partial charge in [0.25, 0.3) is 0 Å². The van der Waals surface area contributed by atoms with Gasteiger partial charge >= 0.3 is 0 Å². The Bertz CT molecular complexity index is 552. The van der Waals surface area contributed by atoms with E-state index >= 15 is 0 Å². The lowest BCUT2D eigenvalue weighted by molar-refractivity contribution is 0.626. The van der Waals surface area contributed by atoms with Gasteiger partial charge in [-0.2, -0.15) is 0 Å². The molecule has 2 aromatic carbocycles. The number of hydrogen-bond donors (Lipinski definition) is 1. The Morgan fingerprint density at radius 2 is 2.00 bits per heavy atom. The van der Waals surface area contributed by atoms with Crippen molar-refractivity contribution in [1.82, 2.24) is 0 Å². The number of benzene rings is 2. The van der Waals surface area contributed by atoms with Gasteiger partial charge in [-0.3, -0.25) is 0 Å². The molecule has 2 aromatic rings. The Labute approximate surface area is 105 Å². The van der Waals surface area contributed by atoms with Crippen molar-refractivity contribution in [2.24, 2.45) is 0 Å². The molecule has 1 nitrogen and oxygen atoms in total. The van der Waals surface area contributed by atoms with Crippen molar-refractivity contribution < 1.29 is 4.39 Å². The first kappa shape index (κ1) is 11.9. The molecule has 3 heteroatoms. The lowest BCUT2D eigenvalue weighted by Gasteiger charge is -2.09. The Kier molecular flexibility index (Phi) is 3.34. The molecule has 0 aliphatic heterocycles. The van der Waals surface area contributed by atoms with Crippen molar-refractivity contribution >= 4 is 17.3 Å². The van der Waals surface area contributed by atoms with Gasteiger partial charge in [0.2, 0.25) is 0 Å². The van der Waals surface area contributed by atoms with Crippen LogP contribution in [-0.4, -0.2) is 0 Å². The van der Waals surface area contributed by atoms with E-state index in [1.165, 1.54) is 12.1 Å². The van der Waals surface area contributed by atoms with Gasteiger partial charge in [0, 0.05) is 10.7 Å². The van der Waals surface area contributed by atoms with Gasteiger partial charge in [-0.15, -0.1) is 0 Å². The quantitative estimate of drug-likeness (QED) is 0.801. The second-order valence-corrected chi connectivity index (χ2v) is 4.52. The molecule has 0 aromatic heterocycles. The third-order valence-corrected chi connectivity index (χ3v) is 3.04. The van der Waals surface area contributed by atoms with Crippen LogP contribution in [0.1, 0.15) is 16.7 Å². The average molecular weight is 250 g/mol. The highest BCUT2D eigenvalue weighted by Gasteiger charge is 2.06. The fraction of sp³-hybridized carbons (Fsp3) is 0.143. The number of rotatable bonds is 2. The molecule has 0 saturated carbocycles. The lowest BCUT2D eigenvalue weighted by atomic mass is 9.99. The second-order valence-electron chi connectivity index (χ2n) is 4.09. The molecule has 17 heavy (non-hydrogen) atoms. The smallest absolute Gasteiger partial charge is 0.125 e. The highest BCUT2D eigenvalue weighted by Crippen LogP contribution is 2.22. The van der Waals surface area contributed by atoms with Gasteiger partial charge in [0.15, 0.2) is 0 Å². The third-order valence-electron chi connectivity index (χ3n) is 2.80. The van der Waals surface area contributed by atoms with Crippen molar-refractivity contribution in [1.29, 1.82) is 0 Å². The maximum atomic E-state index is 13.3. The summed E-state index contributed by atoms with van der Waals surface area (Å²) in [5.74, 6) is -0.301. The Morgan fingerprint density at radius 3 is 2.71 bits per heavy atom. The van der Waals surface area contributed by atoms with E-state index < -0.39 is 0 Å². The largest absolute Gasteiger partial charge is 0.398 e. The van der Waals surface area contributed by atoms with E-state index in [1.807, 2.05) is 31.2 Å². The van der Waals surface area contributed by atoms with E-state index in [9.17, 15) is 4.39 Å². The monoisotopic (exact) mass is 249 g/mol. The Hall–Kier alpha value is -1.54. The molecule has 0 amide bonds. The average Bonchev–Trinajstić information content (AvgIpc) is 2.25. The van der Waals surface area contributed by atoms with E-state index in [0.29, 0.717) is 17.1 Å². The summed E-state index contributed by atoms with van der Waals surface area (Å²) in [6.45, 7) is 1.90. The molecule has 88 valence electrons. The fourth-order valence-electron chi connectivity index (χ4n) is 1.81. The van der Waals surface area contributed by atoms with Gasteiger partial charge in [-0.05, 0) is 54.3 Å². The van der Waals surface area contributed by atoms with Crippen molar-refractivity contribution in [2.75, 3.05) is 5.73 Å². The first-order valence-corrected chi connectivity index (χ1v) is 5.73. The minimum absolute atomic E-state index is 0.301. The van der Waals surface area contributed by atoms with Gasteiger partial charge in [-0.25, -0.2) is 4.39 Å². The molecule has 0 saturated heterocycles. The topological polar surface area (TPSA) is 26.0 Å². The standard InChI is InChI=1S/C14H13ClFN/c1-9-11(7-13(16)8-14(9)17)5-10-3-2-4-12(15)6-10/h2-4,6-8H,5,17H2,1H3. The number of halogens is 2. The van der Waals surface area contributed by atoms with Crippen molar-refractivity contribution in [3.63, 3.8) is 0 Å². The zero-order valence-corrected chi connectivity index (χ0v) is 10.3. The fourth-order valence-corrected chi connectivity index (χ4v) is 2.02. The van der Waals surface area contributed by atoms with Crippen molar-refractivity contribution in [3.8, 4) is 0 Å². The van der Waals surface area contributed by atoms with Crippen LogP contribution >= 0.6 is 11.6 Å². The molecule has 2 rings (SSSR count). The predicted octanol–water partition coefficient (Wildman–Crippen LogP) is 3.96. The van der Waals surface area contributed by atoms with Crippen LogP contribution in [0.15, 0.2) is 36.4 Å². The van der Waals surface area contributed by atoms with Crippen LogP contribution < -0.4 is 5.73 Å². The van der Waals surface area contributed by atoms with Crippen LogP contribution in [0.4, 0.5) is 10.1 Å². The summed E-state index contributed by atoms with van der Waals surface area (Å²) in [6, 6.07) is 10.4. The minimum atomic E-state index is -0.301. The Morgan fingerprint density at radius 1 is 1.24 bits per heavy atom. The minimum Gasteiger partial charge on any atom is -0.398 e. The molecule has 0 aliphatic carbocycles. The van der Waals surface area contributed by atoms with Crippen LogP contribution in [0.3, 0.4) is 0 Å². The Balaban J connectivity index is 2.36. The highest BCUT2D eigenvalue weighted by atomic mass is 35.5. The van der Waals surface area contributed by atoms with E-state index in [1.54, 1.807) is 0 Å².